The molecule has 1 amide bonds. The van der Waals surface area contributed by atoms with Crippen LogP contribution in [-0.4, -0.2) is 11.9 Å². The highest BCUT2D eigenvalue weighted by atomic mass is 35.5. The van der Waals surface area contributed by atoms with Crippen LogP contribution in [0.4, 0.5) is 0 Å². The summed E-state index contributed by atoms with van der Waals surface area (Å²) < 4.78 is 0. The highest BCUT2D eigenvalue weighted by Gasteiger charge is 2.10. The third kappa shape index (κ3) is 3.09. The molecule has 5 heteroatoms. The van der Waals surface area contributed by atoms with Crippen LogP contribution in [0.1, 0.15) is 15.9 Å². The maximum absolute atomic E-state index is 12.1. The number of rotatable bonds is 2. The Balaban J connectivity index is 2.22. The number of nitrogens with zero attached hydrogens (tertiary/aromatic N) is 1. The Hall–Kier alpha value is -2.85. The first-order valence-corrected chi connectivity index (χ1v) is 7.77. The SMILES string of the molecule is Cc1cc(Cl)ccc1-c1cccc2ccc(C(=O)N=C(N)N)cc12. The molecule has 0 aliphatic carbocycles. The molecule has 0 fully saturated rings. The van der Waals surface area contributed by atoms with E-state index in [1.807, 2.05) is 55.5 Å². The summed E-state index contributed by atoms with van der Waals surface area (Å²) in [6.45, 7) is 2.01. The number of carbonyl (C=O) groups is 1. The number of hydrogen-bond donors (Lipinski definition) is 2. The van der Waals surface area contributed by atoms with Crippen molar-refractivity contribution in [2.24, 2.45) is 16.5 Å². The minimum Gasteiger partial charge on any atom is -0.370 e. The number of nitrogens with two attached hydrogens (primary N) is 2. The van der Waals surface area contributed by atoms with Gasteiger partial charge in [0.2, 0.25) is 0 Å². The lowest BCUT2D eigenvalue weighted by molar-refractivity contribution is 0.100. The molecule has 0 aromatic heterocycles. The summed E-state index contributed by atoms with van der Waals surface area (Å²) in [5.74, 6) is -0.707. The van der Waals surface area contributed by atoms with E-state index in [1.54, 1.807) is 6.07 Å². The largest absolute Gasteiger partial charge is 0.370 e. The summed E-state index contributed by atoms with van der Waals surface area (Å²) in [6, 6.07) is 17.2. The summed E-state index contributed by atoms with van der Waals surface area (Å²) in [5.41, 5.74) is 14.2. The molecule has 0 aliphatic rings. The van der Waals surface area contributed by atoms with E-state index in [9.17, 15) is 4.79 Å². The van der Waals surface area contributed by atoms with Gasteiger partial charge < -0.3 is 11.5 Å². The lowest BCUT2D eigenvalue weighted by Gasteiger charge is -2.11. The zero-order valence-corrected chi connectivity index (χ0v) is 13.8. The average Bonchev–Trinajstić information content (AvgIpc) is 2.53. The molecule has 0 aliphatic heterocycles. The van der Waals surface area contributed by atoms with E-state index in [0.29, 0.717) is 10.6 Å². The lowest BCUT2D eigenvalue weighted by atomic mass is 9.94. The second kappa shape index (κ2) is 6.34. The van der Waals surface area contributed by atoms with Gasteiger partial charge in [-0.25, -0.2) is 0 Å². The van der Waals surface area contributed by atoms with Crippen molar-refractivity contribution >= 4 is 34.2 Å². The van der Waals surface area contributed by atoms with Gasteiger partial charge in [-0.15, -0.1) is 0 Å². The van der Waals surface area contributed by atoms with Crippen LogP contribution in [0, 0.1) is 6.92 Å². The fourth-order valence-corrected chi connectivity index (χ4v) is 2.98. The van der Waals surface area contributed by atoms with Gasteiger partial charge >= 0.3 is 0 Å². The van der Waals surface area contributed by atoms with Crippen LogP contribution in [0.25, 0.3) is 21.9 Å². The smallest absolute Gasteiger partial charge is 0.280 e. The topological polar surface area (TPSA) is 81.5 Å². The number of aliphatic imine (C=N–C) groups is 1. The van der Waals surface area contributed by atoms with Gasteiger partial charge in [-0.1, -0.05) is 41.9 Å². The molecule has 0 bridgehead atoms. The van der Waals surface area contributed by atoms with Crippen LogP contribution in [0.5, 0.6) is 0 Å². The van der Waals surface area contributed by atoms with Crippen molar-refractivity contribution in [3.05, 3.63) is 70.7 Å². The summed E-state index contributed by atoms with van der Waals surface area (Å²) in [5, 5.41) is 2.68. The summed E-state index contributed by atoms with van der Waals surface area (Å²) >= 11 is 6.05. The van der Waals surface area contributed by atoms with Gasteiger partial charge in [0.1, 0.15) is 0 Å². The maximum atomic E-state index is 12.1. The van der Waals surface area contributed by atoms with E-state index >= 15 is 0 Å². The van der Waals surface area contributed by atoms with Gasteiger partial charge in [0.25, 0.3) is 5.91 Å². The molecule has 120 valence electrons. The van der Waals surface area contributed by atoms with Crippen LogP contribution >= 0.6 is 11.6 Å². The quantitative estimate of drug-likeness (QED) is 0.550. The normalized spacial score (nSPS) is 10.6. The third-order valence-corrected chi connectivity index (χ3v) is 4.07. The van der Waals surface area contributed by atoms with Crippen LogP contribution in [0.15, 0.2) is 59.6 Å². The number of hydrogen-bond acceptors (Lipinski definition) is 1. The second-order valence-corrected chi connectivity index (χ2v) is 5.98. The third-order valence-electron chi connectivity index (χ3n) is 3.84. The molecule has 0 atom stereocenters. The first kappa shape index (κ1) is 16.0. The van der Waals surface area contributed by atoms with E-state index in [2.05, 4.69) is 4.99 Å². The monoisotopic (exact) mass is 337 g/mol. The predicted molar refractivity (Wildman–Crippen MR) is 99.3 cm³/mol. The molecule has 0 unspecified atom stereocenters. The molecule has 0 saturated carbocycles. The molecule has 4 nitrogen and oxygen atoms in total. The summed E-state index contributed by atoms with van der Waals surface area (Å²) in [4.78, 5) is 15.7. The number of fused-ring (bicyclic) bond motifs is 1. The zero-order chi connectivity index (χ0) is 17.3. The number of aryl methyl sites for hydroxylation is 1. The Kier molecular flexibility index (Phi) is 4.23. The Morgan fingerprint density at radius 2 is 1.79 bits per heavy atom. The minimum absolute atomic E-state index is 0.248. The molecule has 0 spiro atoms. The van der Waals surface area contributed by atoms with Crippen molar-refractivity contribution in [1.82, 2.24) is 0 Å². The summed E-state index contributed by atoms with van der Waals surface area (Å²) in [7, 11) is 0. The lowest BCUT2D eigenvalue weighted by Crippen LogP contribution is -2.24. The van der Waals surface area contributed by atoms with Gasteiger partial charge in [-0.3, -0.25) is 4.79 Å². The fourth-order valence-electron chi connectivity index (χ4n) is 2.75. The molecule has 3 aromatic carbocycles. The standard InChI is InChI=1S/C19H16ClN3O/c1-11-9-14(20)7-8-15(11)16-4-2-3-12-5-6-13(10-17(12)16)18(24)23-19(21)22/h2-10H,1H3,(H4,21,22,23,24). The first-order chi connectivity index (χ1) is 11.5. The number of amides is 1. The van der Waals surface area contributed by atoms with E-state index in [0.717, 1.165) is 27.5 Å². The van der Waals surface area contributed by atoms with Crippen molar-refractivity contribution < 1.29 is 4.79 Å². The second-order valence-electron chi connectivity index (χ2n) is 5.54. The van der Waals surface area contributed by atoms with E-state index in [-0.39, 0.29) is 5.96 Å². The Labute approximate surface area is 144 Å². The van der Waals surface area contributed by atoms with Gasteiger partial charge in [-0.2, -0.15) is 4.99 Å². The highest BCUT2D eigenvalue weighted by molar-refractivity contribution is 6.30. The predicted octanol–water partition coefficient (Wildman–Crippen LogP) is 3.88. The van der Waals surface area contributed by atoms with Gasteiger partial charge in [-0.05, 0) is 58.7 Å². The number of halogens is 1. The molecule has 0 heterocycles. The van der Waals surface area contributed by atoms with Crippen molar-refractivity contribution in [2.75, 3.05) is 0 Å². The number of carbonyl (C=O) groups excluding carboxylic acids is 1. The average molecular weight is 338 g/mol. The number of guanidine groups is 1. The van der Waals surface area contributed by atoms with Crippen molar-refractivity contribution in [3.8, 4) is 11.1 Å². The molecule has 0 radical (unpaired) electrons. The van der Waals surface area contributed by atoms with Gasteiger partial charge in [0.05, 0.1) is 0 Å². The van der Waals surface area contributed by atoms with Crippen LogP contribution in [0.2, 0.25) is 5.02 Å². The molecule has 4 N–H and O–H groups in total. The van der Waals surface area contributed by atoms with E-state index in [4.69, 9.17) is 23.1 Å². The van der Waals surface area contributed by atoms with Gasteiger partial charge in [0.15, 0.2) is 5.96 Å². The zero-order valence-electron chi connectivity index (χ0n) is 13.1. The molecule has 3 rings (SSSR count). The minimum atomic E-state index is -0.459. The van der Waals surface area contributed by atoms with E-state index in [1.165, 1.54) is 0 Å². The van der Waals surface area contributed by atoms with Crippen LogP contribution in [0.3, 0.4) is 0 Å². The maximum Gasteiger partial charge on any atom is 0.280 e. The molecule has 3 aromatic rings. The molecule has 24 heavy (non-hydrogen) atoms. The molecule has 0 saturated heterocycles. The van der Waals surface area contributed by atoms with Crippen LogP contribution < -0.4 is 11.5 Å². The molecular formula is C19H16ClN3O. The Morgan fingerprint density at radius 1 is 1.00 bits per heavy atom. The van der Waals surface area contributed by atoms with E-state index < -0.39 is 5.91 Å². The number of benzene rings is 3. The Bertz CT molecular complexity index is 976. The van der Waals surface area contributed by atoms with Crippen molar-refractivity contribution in [3.63, 3.8) is 0 Å². The first-order valence-electron chi connectivity index (χ1n) is 7.39. The van der Waals surface area contributed by atoms with Crippen molar-refractivity contribution in [2.45, 2.75) is 6.92 Å². The van der Waals surface area contributed by atoms with Crippen molar-refractivity contribution in [1.29, 1.82) is 0 Å². The summed E-state index contributed by atoms with van der Waals surface area (Å²) in [6.07, 6.45) is 0. The highest BCUT2D eigenvalue weighted by Crippen LogP contribution is 2.32. The molecular weight excluding hydrogens is 322 g/mol. The Morgan fingerprint density at radius 3 is 2.50 bits per heavy atom. The fraction of sp³-hybridized carbons (Fsp3) is 0.0526. The van der Waals surface area contributed by atoms with Gasteiger partial charge in [0, 0.05) is 10.6 Å². The van der Waals surface area contributed by atoms with Crippen LogP contribution in [-0.2, 0) is 0 Å².